The molecular formula is C39H35NO9. The Hall–Kier alpha value is -5.48. The normalized spacial score (nSPS) is 19.7. The molecule has 8 rings (SSSR count). The first-order chi connectivity index (χ1) is 24.1. The van der Waals surface area contributed by atoms with Gasteiger partial charge in [0.25, 0.3) is 0 Å². The number of hydrogen-bond donors (Lipinski definition) is 0. The Kier molecular flexibility index (Phi) is 8.53. The molecule has 3 aliphatic rings. The zero-order valence-electron chi connectivity index (χ0n) is 27.0. The Morgan fingerprint density at radius 3 is 2.53 bits per heavy atom. The van der Waals surface area contributed by atoms with Crippen LogP contribution in [-0.2, 0) is 9.47 Å². The van der Waals surface area contributed by atoms with Crippen molar-refractivity contribution in [3.8, 4) is 45.6 Å². The second-order valence-corrected chi connectivity index (χ2v) is 12.2. The first kappa shape index (κ1) is 30.8. The molecule has 0 N–H and O–H groups in total. The lowest BCUT2D eigenvalue weighted by Gasteiger charge is -2.23. The highest BCUT2D eigenvalue weighted by molar-refractivity contribution is 5.95. The average Bonchev–Trinajstić information content (AvgIpc) is 3.76. The van der Waals surface area contributed by atoms with Crippen molar-refractivity contribution in [3.05, 3.63) is 107 Å². The lowest BCUT2D eigenvalue weighted by Crippen LogP contribution is -2.25. The number of benzene rings is 4. The summed E-state index contributed by atoms with van der Waals surface area (Å²) in [6, 6.07) is 26.0. The molecule has 1 fully saturated rings. The molecule has 250 valence electrons. The lowest BCUT2D eigenvalue weighted by atomic mass is 10.0. The number of fused-ring (bicyclic) bond motifs is 2. The Morgan fingerprint density at radius 2 is 1.69 bits per heavy atom. The molecule has 4 aromatic carbocycles. The van der Waals surface area contributed by atoms with E-state index < -0.39 is 0 Å². The van der Waals surface area contributed by atoms with Crippen LogP contribution in [0.15, 0.2) is 105 Å². The van der Waals surface area contributed by atoms with E-state index >= 15 is 0 Å². The van der Waals surface area contributed by atoms with E-state index in [4.69, 9.17) is 42.6 Å². The lowest BCUT2D eigenvalue weighted by molar-refractivity contribution is -0.105. The maximum Gasteiger partial charge on any atom is 0.231 e. The Bertz CT molecular complexity index is 2030. The van der Waals surface area contributed by atoms with E-state index in [1.807, 2.05) is 49.4 Å². The van der Waals surface area contributed by atoms with Crippen molar-refractivity contribution >= 4 is 16.9 Å². The molecule has 1 saturated heterocycles. The third-order valence-corrected chi connectivity index (χ3v) is 8.78. The number of aliphatic imine (C=N–C) groups is 1. The second kappa shape index (κ2) is 13.6. The van der Waals surface area contributed by atoms with Gasteiger partial charge in [0.05, 0.1) is 24.8 Å². The van der Waals surface area contributed by atoms with Gasteiger partial charge in [-0.3, -0.25) is 4.79 Å². The van der Waals surface area contributed by atoms with Crippen molar-refractivity contribution in [1.29, 1.82) is 0 Å². The summed E-state index contributed by atoms with van der Waals surface area (Å²) in [5.41, 5.74) is 2.07. The van der Waals surface area contributed by atoms with E-state index in [0.29, 0.717) is 76.7 Å². The van der Waals surface area contributed by atoms with E-state index in [9.17, 15) is 4.79 Å². The average molecular weight is 662 g/mol. The van der Waals surface area contributed by atoms with Crippen molar-refractivity contribution in [2.24, 2.45) is 4.99 Å². The molecule has 3 atom stereocenters. The first-order valence-corrected chi connectivity index (χ1v) is 16.6. The minimum Gasteiger partial charge on any atom is -0.494 e. The van der Waals surface area contributed by atoms with Crippen LogP contribution in [0.25, 0.3) is 22.1 Å². The van der Waals surface area contributed by atoms with Gasteiger partial charge in [0, 0.05) is 30.5 Å². The topological polar surface area (TPSA) is 107 Å². The van der Waals surface area contributed by atoms with Gasteiger partial charge < -0.3 is 37.6 Å². The SMILES string of the molecule is CC1OC(c2ccccc2)=NC1CCOc1ccc(Oc2cc(OC3CCCCO3)cc3occ(-c4ccc5c(c4)OCO5)c(=O)c23)cc1. The third-order valence-electron chi connectivity index (χ3n) is 8.78. The van der Waals surface area contributed by atoms with Crippen molar-refractivity contribution in [2.75, 3.05) is 20.0 Å². The van der Waals surface area contributed by atoms with Crippen LogP contribution in [0, 0.1) is 0 Å². The largest absolute Gasteiger partial charge is 0.494 e. The summed E-state index contributed by atoms with van der Waals surface area (Å²) in [7, 11) is 0. The minimum atomic E-state index is -0.385. The van der Waals surface area contributed by atoms with Crippen LogP contribution in [0.2, 0.25) is 0 Å². The summed E-state index contributed by atoms with van der Waals surface area (Å²) in [5, 5.41) is 0.288. The Morgan fingerprint density at radius 1 is 0.857 bits per heavy atom. The summed E-state index contributed by atoms with van der Waals surface area (Å²) in [6.45, 7) is 3.28. The van der Waals surface area contributed by atoms with E-state index in [1.54, 1.807) is 42.5 Å². The van der Waals surface area contributed by atoms with Crippen LogP contribution in [0.5, 0.6) is 34.5 Å². The van der Waals surface area contributed by atoms with Crippen LogP contribution >= 0.6 is 0 Å². The van der Waals surface area contributed by atoms with Crippen LogP contribution in [0.4, 0.5) is 0 Å². The molecule has 1 aromatic heterocycles. The standard InChI is InChI=1S/C39H35NO9/c1-24-31(40-39(47-24)25-7-3-2-4-8-25)16-18-42-27-11-13-28(14-12-27)48-35-21-29(49-36-9-5-6-17-43-36)20-34-37(35)38(41)30(22-44-34)26-10-15-32-33(19-26)46-23-45-32/h2-4,7-8,10-15,19-22,24,31,36H,5-6,9,16-18,23H2,1H3. The predicted molar refractivity (Wildman–Crippen MR) is 182 cm³/mol. The van der Waals surface area contributed by atoms with Gasteiger partial charge in [-0.1, -0.05) is 24.3 Å². The van der Waals surface area contributed by atoms with Gasteiger partial charge in [-0.15, -0.1) is 0 Å². The van der Waals surface area contributed by atoms with E-state index in [2.05, 4.69) is 0 Å². The molecule has 0 radical (unpaired) electrons. The van der Waals surface area contributed by atoms with E-state index in [1.165, 1.54) is 6.26 Å². The molecule has 0 saturated carbocycles. The number of nitrogens with zero attached hydrogens (tertiary/aromatic N) is 1. The molecule has 10 heteroatoms. The molecule has 0 bridgehead atoms. The fourth-order valence-electron chi connectivity index (χ4n) is 6.15. The first-order valence-electron chi connectivity index (χ1n) is 16.6. The molecule has 49 heavy (non-hydrogen) atoms. The van der Waals surface area contributed by atoms with Gasteiger partial charge in [-0.2, -0.15) is 0 Å². The van der Waals surface area contributed by atoms with Gasteiger partial charge in [0.1, 0.15) is 46.3 Å². The Labute approximate surface area is 282 Å². The van der Waals surface area contributed by atoms with E-state index in [-0.39, 0.29) is 36.0 Å². The zero-order valence-corrected chi connectivity index (χ0v) is 27.0. The van der Waals surface area contributed by atoms with Gasteiger partial charge >= 0.3 is 0 Å². The van der Waals surface area contributed by atoms with Crippen LogP contribution in [-0.4, -0.2) is 44.3 Å². The summed E-state index contributed by atoms with van der Waals surface area (Å²) in [6.07, 6.45) is 4.53. The molecule has 0 amide bonds. The van der Waals surface area contributed by atoms with Crippen LogP contribution < -0.4 is 29.1 Å². The molecule has 5 aromatic rings. The molecule has 0 aliphatic carbocycles. The molecule has 4 heterocycles. The van der Waals surface area contributed by atoms with Gasteiger partial charge in [-0.05, 0) is 73.9 Å². The summed E-state index contributed by atoms with van der Waals surface area (Å²) in [4.78, 5) is 18.8. The van der Waals surface area contributed by atoms with Crippen molar-refractivity contribution < 1.29 is 37.6 Å². The summed E-state index contributed by atoms with van der Waals surface area (Å²) >= 11 is 0. The second-order valence-electron chi connectivity index (χ2n) is 12.2. The fraction of sp³-hybridized carbons (Fsp3) is 0.282. The van der Waals surface area contributed by atoms with Crippen molar-refractivity contribution in [1.82, 2.24) is 0 Å². The predicted octanol–water partition coefficient (Wildman–Crippen LogP) is 7.89. The summed E-state index contributed by atoms with van der Waals surface area (Å²) in [5.74, 6) is 3.86. The van der Waals surface area contributed by atoms with Gasteiger partial charge in [0.15, 0.2) is 17.8 Å². The highest BCUT2D eigenvalue weighted by atomic mass is 16.7. The minimum absolute atomic E-state index is 0.00820. The van der Waals surface area contributed by atoms with Gasteiger partial charge in [0.2, 0.25) is 18.1 Å². The molecule has 10 nitrogen and oxygen atoms in total. The smallest absolute Gasteiger partial charge is 0.231 e. The highest BCUT2D eigenvalue weighted by Gasteiger charge is 2.28. The van der Waals surface area contributed by atoms with Crippen molar-refractivity contribution in [3.63, 3.8) is 0 Å². The quantitative estimate of drug-likeness (QED) is 0.148. The molecular weight excluding hydrogens is 626 g/mol. The maximum absolute atomic E-state index is 14.0. The maximum atomic E-state index is 14.0. The van der Waals surface area contributed by atoms with Gasteiger partial charge in [-0.25, -0.2) is 4.99 Å². The molecule has 3 unspecified atom stereocenters. The fourth-order valence-corrected chi connectivity index (χ4v) is 6.15. The third kappa shape index (κ3) is 6.64. The number of ether oxygens (including phenoxy) is 7. The zero-order chi connectivity index (χ0) is 33.2. The molecule has 3 aliphatic heterocycles. The van der Waals surface area contributed by atoms with E-state index in [0.717, 1.165) is 24.8 Å². The number of hydrogen-bond acceptors (Lipinski definition) is 10. The highest BCUT2D eigenvalue weighted by Crippen LogP contribution is 2.38. The van der Waals surface area contributed by atoms with Crippen molar-refractivity contribution in [2.45, 2.75) is 51.0 Å². The summed E-state index contributed by atoms with van der Waals surface area (Å²) < 4.78 is 47.4. The number of rotatable bonds is 10. The molecule has 0 spiro atoms. The Balaban J connectivity index is 1.02. The van der Waals surface area contributed by atoms with Crippen LogP contribution in [0.1, 0.15) is 38.2 Å². The monoisotopic (exact) mass is 661 g/mol. The van der Waals surface area contributed by atoms with Crippen LogP contribution in [0.3, 0.4) is 0 Å².